The zero-order valence-electron chi connectivity index (χ0n) is 7.59. The second-order valence-electron chi connectivity index (χ2n) is 3.01. The van der Waals surface area contributed by atoms with Crippen molar-refractivity contribution in [3.8, 4) is 0 Å². The molecular weight excluding hydrogens is 168 g/mol. The minimum absolute atomic E-state index is 0.166. The maximum atomic E-state index is 11.1. The van der Waals surface area contributed by atoms with Gasteiger partial charge in [0.05, 0.1) is 7.11 Å². The van der Waals surface area contributed by atoms with Crippen LogP contribution in [0.1, 0.15) is 6.42 Å². The van der Waals surface area contributed by atoms with Crippen LogP contribution in [0, 0.1) is 0 Å². The highest BCUT2D eigenvalue weighted by Crippen LogP contribution is 2.33. The molecule has 0 bridgehead atoms. The summed E-state index contributed by atoms with van der Waals surface area (Å²) in [6.45, 7) is 0. The lowest BCUT2D eigenvalue weighted by Gasteiger charge is -2.25. The average molecular weight is 178 g/mol. The van der Waals surface area contributed by atoms with Gasteiger partial charge in [0.1, 0.15) is 6.10 Å². The van der Waals surface area contributed by atoms with Crippen molar-refractivity contribution >= 4 is 5.78 Å². The third kappa shape index (κ3) is 1.13. The van der Waals surface area contributed by atoms with E-state index in [1.807, 2.05) is 0 Å². The van der Waals surface area contributed by atoms with Crippen LogP contribution < -0.4 is 0 Å². The number of rotatable bonds is 2. The van der Waals surface area contributed by atoms with Gasteiger partial charge in [-0.25, -0.2) is 0 Å². The fraction of sp³-hybridized carbons (Fsp3) is 0.400. The Hall–Kier alpha value is -1.31. The Balaban J connectivity index is 2.41. The minimum atomic E-state index is -0.256. The van der Waals surface area contributed by atoms with E-state index in [0.29, 0.717) is 12.2 Å². The monoisotopic (exact) mass is 178 g/mol. The van der Waals surface area contributed by atoms with Crippen molar-refractivity contribution in [2.75, 3.05) is 14.2 Å². The third-order valence-electron chi connectivity index (χ3n) is 2.29. The van der Waals surface area contributed by atoms with Crippen molar-refractivity contribution < 1.29 is 14.3 Å². The molecule has 0 heterocycles. The lowest BCUT2D eigenvalue weighted by Crippen LogP contribution is -2.25. The van der Waals surface area contributed by atoms with Crippen LogP contribution >= 0.6 is 0 Å². The molecule has 0 saturated heterocycles. The maximum absolute atomic E-state index is 11.1. The Bertz CT molecular complexity index is 356. The summed E-state index contributed by atoms with van der Waals surface area (Å²) in [5.74, 6) is 0.813. The van der Waals surface area contributed by atoms with E-state index in [2.05, 4.69) is 5.73 Å². The maximum Gasteiger partial charge on any atom is 0.171 e. The highest BCUT2D eigenvalue weighted by molar-refractivity contribution is 6.10. The molecule has 2 rings (SSSR count). The zero-order valence-corrected chi connectivity index (χ0v) is 7.59. The van der Waals surface area contributed by atoms with Crippen LogP contribution in [0.15, 0.2) is 28.7 Å². The fourth-order valence-electron chi connectivity index (χ4n) is 1.51. The van der Waals surface area contributed by atoms with Crippen molar-refractivity contribution in [1.29, 1.82) is 0 Å². The molecule has 2 aliphatic rings. The Morgan fingerprint density at radius 2 is 2.31 bits per heavy atom. The van der Waals surface area contributed by atoms with Crippen LogP contribution in [0.3, 0.4) is 0 Å². The summed E-state index contributed by atoms with van der Waals surface area (Å²) >= 11 is 0. The van der Waals surface area contributed by atoms with E-state index in [0.717, 1.165) is 11.1 Å². The largest absolute Gasteiger partial charge is 0.490 e. The number of fused-ring (bicyclic) bond motifs is 1. The lowest BCUT2D eigenvalue weighted by molar-refractivity contribution is -0.116. The average Bonchev–Trinajstić information content (AvgIpc) is 2.15. The molecular formula is C10H10O3. The highest BCUT2D eigenvalue weighted by atomic mass is 16.5. The number of Topliss-reactive ketones (excluding diaryl/α,β-unsaturated/α-hetero) is 1. The van der Waals surface area contributed by atoms with E-state index in [-0.39, 0.29) is 11.9 Å². The van der Waals surface area contributed by atoms with Crippen molar-refractivity contribution in [3.63, 3.8) is 0 Å². The third-order valence-corrected chi connectivity index (χ3v) is 2.29. The molecule has 1 fully saturated rings. The molecule has 13 heavy (non-hydrogen) atoms. The SMILES string of the molecule is COC1=C=C2CC(=O)C2=CC1OC. The van der Waals surface area contributed by atoms with Crippen molar-refractivity contribution in [3.05, 3.63) is 28.7 Å². The van der Waals surface area contributed by atoms with Crippen LogP contribution in [0.25, 0.3) is 0 Å². The molecule has 0 N–H and O–H groups in total. The molecule has 0 aromatic rings. The molecule has 1 atom stereocenters. The van der Waals surface area contributed by atoms with Crippen LogP contribution in [0.2, 0.25) is 0 Å². The van der Waals surface area contributed by atoms with Gasteiger partial charge in [-0.05, 0) is 6.08 Å². The number of hydrogen-bond acceptors (Lipinski definition) is 3. The van der Waals surface area contributed by atoms with Gasteiger partial charge in [-0.2, -0.15) is 0 Å². The number of allylic oxidation sites excluding steroid dienone is 1. The molecule has 0 spiro atoms. The summed E-state index contributed by atoms with van der Waals surface area (Å²) in [6, 6.07) is 0. The minimum Gasteiger partial charge on any atom is -0.490 e. The molecule has 2 aliphatic carbocycles. The van der Waals surface area contributed by atoms with Gasteiger partial charge >= 0.3 is 0 Å². The predicted molar refractivity (Wildman–Crippen MR) is 46.1 cm³/mol. The van der Waals surface area contributed by atoms with E-state index in [4.69, 9.17) is 9.47 Å². The first-order chi connectivity index (χ1) is 6.26. The molecule has 1 saturated carbocycles. The summed E-state index contributed by atoms with van der Waals surface area (Å²) in [5, 5.41) is 0. The van der Waals surface area contributed by atoms with Gasteiger partial charge in [0.2, 0.25) is 0 Å². The standard InChI is InChI=1S/C10H10O3/c1-12-9-4-6-3-8(11)7(6)5-10(9)13-2/h5,10H,3H2,1-2H3. The molecule has 68 valence electrons. The van der Waals surface area contributed by atoms with E-state index < -0.39 is 0 Å². The Morgan fingerprint density at radius 3 is 2.85 bits per heavy atom. The fourth-order valence-corrected chi connectivity index (χ4v) is 1.51. The molecule has 0 aromatic carbocycles. The Labute approximate surface area is 76.3 Å². The smallest absolute Gasteiger partial charge is 0.171 e. The zero-order chi connectivity index (χ0) is 9.42. The summed E-state index contributed by atoms with van der Waals surface area (Å²) in [7, 11) is 3.16. The van der Waals surface area contributed by atoms with Gasteiger partial charge < -0.3 is 9.47 Å². The molecule has 3 heteroatoms. The predicted octanol–water partition coefficient (Wildman–Crippen LogP) is 0.970. The normalized spacial score (nSPS) is 25.2. The molecule has 0 aromatic heterocycles. The van der Waals surface area contributed by atoms with E-state index >= 15 is 0 Å². The van der Waals surface area contributed by atoms with Crippen molar-refractivity contribution in [1.82, 2.24) is 0 Å². The van der Waals surface area contributed by atoms with Crippen LogP contribution in [0.5, 0.6) is 0 Å². The topological polar surface area (TPSA) is 35.5 Å². The first kappa shape index (κ1) is 8.30. The van der Waals surface area contributed by atoms with E-state index in [1.54, 1.807) is 20.3 Å². The molecule has 1 unspecified atom stereocenters. The van der Waals surface area contributed by atoms with Gasteiger partial charge in [-0.1, -0.05) is 5.73 Å². The number of ketones is 1. The summed E-state index contributed by atoms with van der Waals surface area (Å²) in [6.07, 6.45) is 2.01. The Morgan fingerprint density at radius 1 is 1.54 bits per heavy atom. The quantitative estimate of drug-likeness (QED) is 0.591. The van der Waals surface area contributed by atoms with Gasteiger partial charge in [0.25, 0.3) is 0 Å². The van der Waals surface area contributed by atoms with Gasteiger partial charge in [-0.15, -0.1) is 0 Å². The number of ether oxygens (including phenoxy) is 2. The lowest BCUT2D eigenvalue weighted by atomic mass is 9.81. The second-order valence-corrected chi connectivity index (χ2v) is 3.01. The van der Waals surface area contributed by atoms with Crippen molar-refractivity contribution in [2.24, 2.45) is 0 Å². The van der Waals surface area contributed by atoms with Crippen molar-refractivity contribution in [2.45, 2.75) is 12.5 Å². The first-order valence-electron chi connectivity index (χ1n) is 4.08. The van der Waals surface area contributed by atoms with Gasteiger partial charge in [-0.3, -0.25) is 4.79 Å². The Kier molecular flexibility index (Phi) is 1.83. The summed E-state index contributed by atoms with van der Waals surface area (Å²) < 4.78 is 10.2. The summed E-state index contributed by atoms with van der Waals surface area (Å²) in [4.78, 5) is 11.1. The van der Waals surface area contributed by atoms with E-state index in [1.165, 1.54) is 0 Å². The number of carbonyl (C=O) groups is 1. The number of carbonyl (C=O) groups excluding carboxylic acids is 1. The molecule has 3 nitrogen and oxygen atoms in total. The molecule has 0 amide bonds. The van der Waals surface area contributed by atoms with Gasteiger partial charge in [0, 0.05) is 24.7 Å². The van der Waals surface area contributed by atoms with Crippen LogP contribution in [-0.2, 0) is 14.3 Å². The van der Waals surface area contributed by atoms with Crippen LogP contribution in [-0.4, -0.2) is 26.1 Å². The highest BCUT2D eigenvalue weighted by Gasteiger charge is 2.32. The van der Waals surface area contributed by atoms with Crippen LogP contribution in [0.4, 0.5) is 0 Å². The van der Waals surface area contributed by atoms with Gasteiger partial charge in [0.15, 0.2) is 11.5 Å². The number of hydrogen-bond donors (Lipinski definition) is 0. The molecule has 0 radical (unpaired) electrons. The van der Waals surface area contributed by atoms with E-state index in [9.17, 15) is 4.79 Å². The summed E-state index contributed by atoms with van der Waals surface area (Å²) in [5.41, 5.74) is 4.71. The molecule has 0 aliphatic heterocycles. The first-order valence-corrected chi connectivity index (χ1v) is 4.08. The number of methoxy groups -OCH3 is 2. The second kappa shape index (κ2) is 2.87.